The molecule has 1 aromatic heterocycles. The third-order valence-electron chi connectivity index (χ3n) is 2.80. The number of nitrogens with zero attached hydrogens (tertiary/aromatic N) is 1. The molecule has 0 radical (unpaired) electrons. The fourth-order valence-electron chi connectivity index (χ4n) is 1.91. The molecule has 90 valence electrons. The summed E-state index contributed by atoms with van der Waals surface area (Å²) in [7, 11) is 0. The highest BCUT2D eigenvalue weighted by molar-refractivity contribution is 5.20. The number of H-pyrrole nitrogens is 1. The zero-order valence-electron chi connectivity index (χ0n) is 10.2. The Balaban J connectivity index is 2.08. The third kappa shape index (κ3) is 3.43. The normalized spacial score (nSPS) is 12.5. The summed E-state index contributed by atoms with van der Waals surface area (Å²) < 4.78 is 0. The van der Waals surface area contributed by atoms with Crippen molar-refractivity contribution in [3.63, 3.8) is 0 Å². The first kappa shape index (κ1) is 11.9. The van der Waals surface area contributed by atoms with Crippen molar-refractivity contribution in [1.29, 1.82) is 0 Å². The van der Waals surface area contributed by atoms with Crippen molar-refractivity contribution in [1.82, 2.24) is 15.3 Å². The molecule has 1 unspecified atom stereocenters. The van der Waals surface area contributed by atoms with Gasteiger partial charge < -0.3 is 10.3 Å². The van der Waals surface area contributed by atoms with Gasteiger partial charge in [0.05, 0.1) is 0 Å². The minimum Gasteiger partial charge on any atom is -0.349 e. The number of nitrogens with one attached hydrogen (secondary N) is 2. The molecule has 1 aromatic carbocycles. The van der Waals surface area contributed by atoms with Crippen molar-refractivity contribution in [3.8, 4) is 0 Å². The summed E-state index contributed by atoms with van der Waals surface area (Å²) in [5, 5.41) is 3.56. The molecule has 17 heavy (non-hydrogen) atoms. The van der Waals surface area contributed by atoms with E-state index in [9.17, 15) is 0 Å². The first-order valence-corrected chi connectivity index (χ1v) is 6.16. The van der Waals surface area contributed by atoms with Gasteiger partial charge in [-0.15, -0.1) is 0 Å². The maximum atomic E-state index is 4.29. The second kappa shape index (κ2) is 6.21. The molecular formula is C14H19N3. The molecule has 0 saturated heterocycles. The van der Waals surface area contributed by atoms with Gasteiger partial charge in [-0.2, -0.15) is 0 Å². The van der Waals surface area contributed by atoms with Crippen molar-refractivity contribution in [2.45, 2.75) is 25.8 Å². The van der Waals surface area contributed by atoms with E-state index < -0.39 is 0 Å². The lowest BCUT2D eigenvalue weighted by Crippen LogP contribution is -2.24. The molecule has 3 nitrogen and oxygen atoms in total. The standard InChI is InChI=1S/C14H19N3/c1-2-8-15-13(11-14-16-9-10-17-14)12-6-4-3-5-7-12/h3-7,9-10,13,15H,2,8,11H2,1H3,(H,16,17). The van der Waals surface area contributed by atoms with E-state index in [0.717, 1.165) is 25.2 Å². The van der Waals surface area contributed by atoms with Gasteiger partial charge in [-0.05, 0) is 18.5 Å². The SMILES string of the molecule is CCCNC(Cc1ncc[nH]1)c1ccccc1. The Labute approximate surface area is 102 Å². The van der Waals surface area contributed by atoms with Gasteiger partial charge in [0.15, 0.2) is 0 Å². The molecule has 0 saturated carbocycles. The molecule has 1 atom stereocenters. The summed E-state index contributed by atoms with van der Waals surface area (Å²) in [4.78, 5) is 7.46. The van der Waals surface area contributed by atoms with Crippen LogP contribution in [0.5, 0.6) is 0 Å². The molecule has 0 aliphatic heterocycles. The molecule has 1 heterocycles. The average molecular weight is 229 g/mol. The van der Waals surface area contributed by atoms with Gasteiger partial charge in [-0.3, -0.25) is 0 Å². The topological polar surface area (TPSA) is 40.7 Å². The van der Waals surface area contributed by atoms with Crippen LogP contribution in [0.1, 0.15) is 30.8 Å². The van der Waals surface area contributed by atoms with Crippen molar-refractivity contribution in [3.05, 3.63) is 54.1 Å². The number of hydrogen-bond donors (Lipinski definition) is 2. The molecule has 0 aliphatic carbocycles. The Hall–Kier alpha value is -1.61. The molecule has 0 spiro atoms. The van der Waals surface area contributed by atoms with E-state index >= 15 is 0 Å². The molecule has 0 fully saturated rings. The lowest BCUT2D eigenvalue weighted by Gasteiger charge is -2.17. The molecule has 3 heteroatoms. The van der Waals surface area contributed by atoms with E-state index in [1.54, 1.807) is 6.20 Å². The quantitative estimate of drug-likeness (QED) is 0.799. The molecular weight excluding hydrogens is 210 g/mol. The van der Waals surface area contributed by atoms with E-state index in [1.807, 2.05) is 12.3 Å². The number of imidazole rings is 1. The number of aromatic amines is 1. The lowest BCUT2D eigenvalue weighted by molar-refractivity contribution is 0.520. The van der Waals surface area contributed by atoms with Crippen molar-refractivity contribution in [2.75, 3.05) is 6.54 Å². The number of benzene rings is 1. The molecule has 0 bridgehead atoms. The van der Waals surface area contributed by atoms with Gasteiger partial charge in [0.2, 0.25) is 0 Å². The van der Waals surface area contributed by atoms with E-state index in [0.29, 0.717) is 6.04 Å². The Morgan fingerprint density at radius 3 is 2.76 bits per heavy atom. The largest absolute Gasteiger partial charge is 0.349 e. The van der Waals surface area contributed by atoms with Gasteiger partial charge >= 0.3 is 0 Å². The maximum Gasteiger partial charge on any atom is 0.107 e. The summed E-state index contributed by atoms with van der Waals surface area (Å²) >= 11 is 0. The van der Waals surface area contributed by atoms with Gasteiger partial charge in [0, 0.05) is 24.9 Å². The van der Waals surface area contributed by atoms with Crippen LogP contribution in [0.15, 0.2) is 42.7 Å². The van der Waals surface area contributed by atoms with Crippen LogP contribution in [-0.2, 0) is 6.42 Å². The summed E-state index contributed by atoms with van der Waals surface area (Å²) in [5.74, 6) is 1.03. The number of hydrogen-bond acceptors (Lipinski definition) is 2. The Kier molecular flexibility index (Phi) is 4.33. The predicted octanol–water partition coefficient (Wildman–Crippen LogP) is 2.69. The summed E-state index contributed by atoms with van der Waals surface area (Å²) in [6.07, 6.45) is 5.72. The summed E-state index contributed by atoms with van der Waals surface area (Å²) in [6, 6.07) is 10.9. The second-order valence-electron chi connectivity index (χ2n) is 4.16. The molecule has 2 aromatic rings. The van der Waals surface area contributed by atoms with E-state index in [4.69, 9.17) is 0 Å². The summed E-state index contributed by atoms with van der Waals surface area (Å²) in [6.45, 7) is 3.21. The minimum atomic E-state index is 0.335. The molecule has 0 aliphatic rings. The fraction of sp³-hybridized carbons (Fsp3) is 0.357. The van der Waals surface area contributed by atoms with Crippen LogP contribution >= 0.6 is 0 Å². The highest BCUT2D eigenvalue weighted by Gasteiger charge is 2.11. The minimum absolute atomic E-state index is 0.335. The number of aromatic nitrogens is 2. The van der Waals surface area contributed by atoms with Crippen molar-refractivity contribution >= 4 is 0 Å². The van der Waals surface area contributed by atoms with Crippen molar-refractivity contribution < 1.29 is 0 Å². The van der Waals surface area contributed by atoms with Crippen LogP contribution in [0, 0.1) is 0 Å². The highest BCUT2D eigenvalue weighted by Crippen LogP contribution is 2.16. The Bertz CT molecular complexity index is 408. The second-order valence-corrected chi connectivity index (χ2v) is 4.16. The smallest absolute Gasteiger partial charge is 0.107 e. The monoisotopic (exact) mass is 229 g/mol. The third-order valence-corrected chi connectivity index (χ3v) is 2.80. The van der Waals surface area contributed by atoms with Crippen LogP contribution in [0.3, 0.4) is 0 Å². The summed E-state index contributed by atoms with van der Waals surface area (Å²) in [5.41, 5.74) is 1.32. The molecule has 2 rings (SSSR count). The van der Waals surface area contributed by atoms with E-state index in [1.165, 1.54) is 5.56 Å². The van der Waals surface area contributed by atoms with E-state index in [2.05, 4.69) is 46.5 Å². The van der Waals surface area contributed by atoms with Gasteiger partial charge in [0.1, 0.15) is 5.82 Å². The van der Waals surface area contributed by atoms with Crippen LogP contribution in [0.2, 0.25) is 0 Å². The first-order chi connectivity index (χ1) is 8.40. The van der Waals surface area contributed by atoms with Gasteiger partial charge in [-0.25, -0.2) is 4.98 Å². The highest BCUT2D eigenvalue weighted by atomic mass is 14.9. The average Bonchev–Trinajstić information content (AvgIpc) is 2.88. The van der Waals surface area contributed by atoms with E-state index in [-0.39, 0.29) is 0 Å². The van der Waals surface area contributed by atoms with Gasteiger partial charge in [-0.1, -0.05) is 37.3 Å². The molecule has 2 N–H and O–H groups in total. The zero-order valence-corrected chi connectivity index (χ0v) is 10.2. The Morgan fingerprint density at radius 2 is 2.12 bits per heavy atom. The molecule has 0 amide bonds. The van der Waals surface area contributed by atoms with Crippen LogP contribution in [0.4, 0.5) is 0 Å². The lowest BCUT2D eigenvalue weighted by atomic mass is 10.0. The van der Waals surface area contributed by atoms with Crippen LogP contribution < -0.4 is 5.32 Å². The predicted molar refractivity (Wildman–Crippen MR) is 69.8 cm³/mol. The maximum absolute atomic E-state index is 4.29. The van der Waals surface area contributed by atoms with Crippen LogP contribution in [0.25, 0.3) is 0 Å². The first-order valence-electron chi connectivity index (χ1n) is 6.16. The van der Waals surface area contributed by atoms with Crippen LogP contribution in [-0.4, -0.2) is 16.5 Å². The van der Waals surface area contributed by atoms with Gasteiger partial charge in [0.25, 0.3) is 0 Å². The number of rotatable bonds is 6. The van der Waals surface area contributed by atoms with Crippen molar-refractivity contribution in [2.24, 2.45) is 0 Å². The fourth-order valence-corrected chi connectivity index (χ4v) is 1.91. The zero-order chi connectivity index (χ0) is 11.9. The Morgan fingerprint density at radius 1 is 1.29 bits per heavy atom.